The van der Waals surface area contributed by atoms with Crippen molar-refractivity contribution in [2.45, 2.75) is 34.6 Å². The second-order valence-corrected chi connectivity index (χ2v) is 3.57. The summed E-state index contributed by atoms with van der Waals surface area (Å²) < 4.78 is 0. The van der Waals surface area contributed by atoms with Crippen molar-refractivity contribution in [3.05, 3.63) is 17.1 Å². The Bertz CT molecular complexity index is 147. The fourth-order valence-corrected chi connectivity index (χ4v) is 1.74. The summed E-state index contributed by atoms with van der Waals surface area (Å²) in [4.78, 5) is 0. The summed E-state index contributed by atoms with van der Waals surface area (Å²) in [5.41, 5.74) is 3.13. The lowest BCUT2D eigenvalue weighted by atomic mass is 9.90. The van der Waals surface area contributed by atoms with Gasteiger partial charge in [-0.25, -0.2) is 0 Å². The second kappa shape index (κ2) is 2.34. The topological polar surface area (TPSA) is 0 Å². The third-order valence-electron chi connectivity index (χ3n) is 3.30. The maximum Gasteiger partial charge on any atom is 0.105 e. The van der Waals surface area contributed by atoms with Crippen LogP contribution in [0.25, 0.3) is 0 Å². The molecule has 0 amide bonds. The Morgan fingerprint density at radius 1 is 1.20 bits per heavy atom. The van der Waals surface area contributed by atoms with Crippen molar-refractivity contribution >= 4 is 0 Å². The molecule has 0 aromatic carbocycles. The fraction of sp³-hybridized carbons (Fsp3) is 0.700. The third-order valence-corrected chi connectivity index (χ3v) is 3.30. The molecule has 1 aliphatic rings. The molecule has 56 valence electrons. The molecule has 2 atom stereocenters. The minimum Gasteiger partial charge on any atom is -0.0384 e. The average molecular weight is 137 g/mol. The van der Waals surface area contributed by atoms with Crippen molar-refractivity contribution in [3.63, 3.8) is 0 Å². The molecule has 0 radical (unpaired) electrons. The summed E-state index contributed by atoms with van der Waals surface area (Å²) in [5, 5.41) is 0. The highest BCUT2D eigenvalue weighted by Gasteiger charge is 2.39. The van der Waals surface area contributed by atoms with Crippen LogP contribution in [0.15, 0.2) is 11.1 Å². The average Bonchev–Trinajstić information content (AvgIpc) is 2.07. The molecule has 0 bridgehead atoms. The summed E-state index contributed by atoms with van der Waals surface area (Å²) >= 11 is 0. The van der Waals surface area contributed by atoms with Crippen LogP contribution in [-0.2, 0) is 0 Å². The lowest BCUT2D eigenvalue weighted by molar-refractivity contribution is 0.503. The van der Waals surface area contributed by atoms with E-state index in [0.717, 1.165) is 11.8 Å². The van der Waals surface area contributed by atoms with Crippen LogP contribution in [0.4, 0.5) is 0 Å². The maximum atomic E-state index is 2.32. The molecular formula is C10H17+. The standard InChI is InChI=1S/C10H17/c1-6-7(2)9(4)10(5)8(6)3/h6-7H,1-5H3/q+1. The van der Waals surface area contributed by atoms with Gasteiger partial charge in [0.05, 0.1) is 23.3 Å². The number of rotatable bonds is 0. The zero-order valence-electron chi connectivity index (χ0n) is 7.65. The van der Waals surface area contributed by atoms with E-state index in [1.807, 2.05) is 0 Å². The van der Waals surface area contributed by atoms with Gasteiger partial charge in [-0.05, 0) is 20.8 Å². The highest BCUT2D eigenvalue weighted by molar-refractivity contribution is 5.35. The first-order valence-corrected chi connectivity index (χ1v) is 4.07. The van der Waals surface area contributed by atoms with Crippen LogP contribution < -0.4 is 0 Å². The van der Waals surface area contributed by atoms with E-state index >= 15 is 0 Å². The minimum atomic E-state index is 0.778. The van der Waals surface area contributed by atoms with Crippen LogP contribution in [-0.4, -0.2) is 0 Å². The van der Waals surface area contributed by atoms with Crippen molar-refractivity contribution in [3.8, 4) is 0 Å². The molecule has 0 aliphatic heterocycles. The monoisotopic (exact) mass is 137 g/mol. The molecular weight excluding hydrogens is 120 g/mol. The zero-order chi connectivity index (χ0) is 7.89. The molecule has 1 aliphatic carbocycles. The third kappa shape index (κ3) is 0.865. The number of hydrogen-bond acceptors (Lipinski definition) is 0. The molecule has 0 saturated heterocycles. The summed E-state index contributed by atoms with van der Waals surface area (Å²) in [7, 11) is 0. The lowest BCUT2D eigenvalue weighted by Gasteiger charge is -2.06. The van der Waals surface area contributed by atoms with Crippen LogP contribution in [0.3, 0.4) is 0 Å². The van der Waals surface area contributed by atoms with E-state index in [2.05, 4.69) is 34.6 Å². The Labute approximate surface area is 64.3 Å². The van der Waals surface area contributed by atoms with Crippen LogP contribution in [0, 0.1) is 17.8 Å². The molecule has 1 rings (SSSR count). The molecule has 0 heteroatoms. The highest BCUT2D eigenvalue weighted by Crippen LogP contribution is 2.41. The van der Waals surface area contributed by atoms with E-state index in [0.29, 0.717) is 0 Å². The van der Waals surface area contributed by atoms with Crippen LogP contribution in [0.1, 0.15) is 34.6 Å². The summed E-state index contributed by atoms with van der Waals surface area (Å²) in [6.07, 6.45) is 0. The van der Waals surface area contributed by atoms with E-state index in [1.165, 1.54) is 0 Å². The maximum absolute atomic E-state index is 2.32. The summed E-state index contributed by atoms with van der Waals surface area (Å²) in [5.74, 6) is 3.14. The molecule has 0 nitrogen and oxygen atoms in total. The van der Waals surface area contributed by atoms with Gasteiger partial charge >= 0.3 is 0 Å². The molecule has 0 fully saturated rings. The first kappa shape index (κ1) is 7.71. The van der Waals surface area contributed by atoms with Crippen LogP contribution >= 0.6 is 0 Å². The zero-order valence-corrected chi connectivity index (χ0v) is 7.65. The summed E-state index contributed by atoms with van der Waals surface area (Å²) in [6, 6.07) is 0. The van der Waals surface area contributed by atoms with Crippen molar-refractivity contribution in [2.75, 3.05) is 0 Å². The van der Waals surface area contributed by atoms with E-state index in [4.69, 9.17) is 0 Å². The van der Waals surface area contributed by atoms with Gasteiger partial charge in [0, 0.05) is 13.8 Å². The Hall–Kier alpha value is -0.390. The highest BCUT2D eigenvalue weighted by atomic mass is 14.3. The normalized spacial score (nSPS) is 33.9. The van der Waals surface area contributed by atoms with Crippen molar-refractivity contribution in [1.82, 2.24) is 0 Å². The van der Waals surface area contributed by atoms with Crippen LogP contribution in [0.5, 0.6) is 0 Å². The predicted molar refractivity (Wildman–Crippen MR) is 45.6 cm³/mol. The molecule has 0 heterocycles. The Balaban J connectivity index is 2.88. The molecule has 0 N–H and O–H groups in total. The predicted octanol–water partition coefficient (Wildman–Crippen LogP) is 3.20. The SMILES string of the molecule is CC1=C(C)C(C)C(C)[C+]1C. The summed E-state index contributed by atoms with van der Waals surface area (Å²) in [6.45, 7) is 11.4. The van der Waals surface area contributed by atoms with Gasteiger partial charge < -0.3 is 0 Å². The van der Waals surface area contributed by atoms with Gasteiger partial charge in [0.15, 0.2) is 0 Å². The van der Waals surface area contributed by atoms with E-state index in [1.54, 1.807) is 17.1 Å². The molecule has 10 heavy (non-hydrogen) atoms. The smallest absolute Gasteiger partial charge is 0.0384 e. The molecule has 0 spiro atoms. The fourth-order valence-electron chi connectivity index (χ4n) is 1.74. The molecule has 2 unspecified atom stereocenters. The second-order valence-electron chi connectivity index (χ2n) is 3.57. The van der Waals surface area contributed by atoms with Crippen molar-refractivity contribution in [1.29, 1.82) is 0 Å². The first-order valence-electron chi connectivity index (χ1n) is 4.07. The number of allylic oxidation sites excluding steroid dienone is 2. The van der Waals surface area contributed by atoms with E-state index in [-0.39, 0.29) is 0 Å². The Morgan fingerprint density at radius 2 is 1.70 bits per heavy atom. The van der Waals surface area contributed by atoms with Crippen LogP contribution in [0.2, 0.25) is 0 Å². The molecule has 0 aromatic heterocycles. The van der Waals surface area contributed by atoms with Gasteiger partial charge in [0.25, 0.3) is 0 Å². The molecule has 0 saturated carbocycles. The first-order chi connectivity index (χ1) is 4.55. The van der Waals surface area contributed by atoms with Crippen molar-refractivity contribution in [2.24, 2.45) is 11.8 Å². The van der Waals surface area contributed by atoms with Gasteiger partial charge in [-0.3, -0.25) is 0 Å². The van der Waals surface area contributed by atoms with Gasteiger partial charge in [0.2, 0.25) is 0 Å². The van der Waals surface area contributed by atoms with Crippen molar-refractivity contribution < 1.29 is 0 Å². The quantitative estimate of drug-likeness (QED) is 0.450. The molecule has 0 aromatic rings. The van der Waals surface area contributed by atoms with E-state index < -0.39 is 0 Å². The lowest BCUT2D eigenvalue weighted by Crippen LogP contribution is -2.06. The largest absolute Gasteiger partial charge is 0.105 e. The van der Waals surface area contributed by atoms with Gasteiger partial charge in [0.1, 0.15) is 5.57 Å². The Kier molecular flexibility index (Phi) is 1.80. The van der Waals surface area contributed by atoms with Gasteiger partial charge in [-0.2, -0.15) is 0 Å². The Morgan fingerprint density at radius 3 is 1.80 bits per heavy atom. The minimum absolute atomic E-state index is 0.778. The van der Waals surface area contributed by atoms with Gasteiger partial charge in [-0.15, -0.1) is 0 Å². The van der Waals surface area contributed by atoms with Gasteiger partial charge in [-0.1, -0.05) is 0 Å². The van der Waals surface area contributed by atoms with E-state index in [9.17, 15) is 0 Å². The number of hydrogen-bond donors (Lipinski definition) is 0.